The van der Waals surface area contributed by atoms with E-state index < -0.39 is 31.8 Å². The third-order valence-electron chi connectivity index (χ3n) is 6.46. The molecule has 188 valence electrons. The molecule has 1 aliphatic heterocycles. The van der Waals surface area contributed by atoms with Crippen LogP contribution in [0, 0.1) is 11.8 Å². The number of fused-ring (bicyclic) bond motifs is 1. The summed E-state index contributed by atoms with van der Waals surface area (Å²) in [6.07, 6.45) is -3.56. The van der Waals surface area contributed by atoms with Gasteiger partial charge in [-0.05, 0) is 44.1 Å². The van der Waals surface area contributed by atoms with Crippen molar-refractivity contribution in [1.29, 1.82) is 0 Å². The molecular weight excluding hydrogens is 470 g/mol. The predicted octanol–water partition coefficient (Wildman–Crippen LogP) is 5.98. The Morgan fingerprint density at radius 2 is 1.67 bits per heavy atom. The zero-order chi connectivity index (χ0) is 24.1. The molecule has 0 aromatic carbocycles. The van der Waals surface area contributed by atoms with E-state index in [0.717, 1.165) is 68.7 Å². The molecule has 0 atom stereocenters. The van der Waals surface area contributed by atoms with Crippen LogP contribution in [0.3, 0.4) is 0 Å². The maximum atomic E-state index is 12.3. The number of ether oxygens (including phenoxy) is 1. The second kappa shape index (κ2) is 11.4. The van der Waals surface area contributed by atoms with Gasteiger partial charge in [0.2, 0.25) is 0 Å². The van der Waals surface area contributed by atoms with Crippen LogP contribution in [0.2, 0.25) is 0 Å². The van der Waals surface area contributed by atoms with Crippen LogP contribution in [0.15, 0.2) is 0 Å². The van der Waals surface area contributed by atoms with E-state index in [-0.39, 0.29) is 23.3 Å². The zero-order valence-electron chi connectivity index (χ0n) is 18.4. The lowest BCUT2D eigenvalue weighted by Crippen LogP contribution is -2.30. The van der Waals surface area contributed by atoms with E-state index in [2.05, 4.69) is 9.88 Å². The topological polar surface area (TPSA) is 42.4 Å². The largest absolute Gasteiger partial charge is 0.460 e. The Balaban J connectivity index is 1.33. The minimum atomic E-state index is -4.37. The zero-order valence-corrected chi connectivity index (χ0v) is 19.3. The van der Waals surface area contributed by atoms with Crippen molar-refractivity contribution in [2.24, 2.45) is 11.8 Å². The number of carbonyl (C=O) groups is 1. The second-order valence-corrected chi connectivity index (χ2v) is 10.2. The third kappa shape index (κ3) is 9.42. The first-order chi connectivity index (χ1) is 15.5. The smallest absolute Gasteiger partial charge is 0.422 e. The van der Waals surface area contributed by atoms with Crippen molar-refractivity contribution < 1.29 is 35.9 Å². The fourth-order valence-electron chi connectivity index (χ4n) is 4.61. The molecule has 0 saturated heterocycles. The highest BCUT2D eigenvalue weighted by Crippen LogP contribution is 2.34. The fourth-order valence-corrected chi connectivity index (χ4v) is 5.55. The molecule has 2 heterocycles. The average molecular weight is 501 g/mol. The van der Waals surface area contributed by atoms with E-state index in [0.29, 0.717) is 12.3 Å². The van der Waals surface area contributed by atoms with Gasteiger partial charge in [-0.3, -0.25) is 4.79 Å². The van der Waals surface area contributed by atoms with E-state index >= 15 is 0 Å². The monoisotopic (exact) mass is 500 g/mol. The summed E-state index contributed by atoms with van der Waals surface area (Å²) in [6, 6.07) is 0. The summed E-state index contributed by atoms with van der Waals surface area (Å²) in [7, 11) is 0. The quantitative estimate of drug-likeness (QED) is 0.391. The molecule has 1 aromatic rings. The van der Waals surface area contributed by atoms with Crippen molar-refractivity contribution in [1.82, 2.24) is 9.88 Å². The molecule has 0 unspecified atom stereocenters. The van der Waals surface area contributed by atoms with Crippen LogP contribution in [-0.2, 0) is 17.6 Å². The summed E-state index contributed by atoms with van der Waals surface area (Å²) in [5, 5.41) is 0.0828. The first-order valence-corrected chi connectivity index (χ1v) is 12.3. The van der Waals surface area contributed by atoms with Crippen LogP contribution in [0.4, 0.5) is 26.3 Å². The van der Waals surface area contributed by atoms with Crippen molar-refractivity contribution >= 4 is 17.1 Å². The molecule has 33 heavy (non-hydrogen) atoms. The van der Waals surface area contributed by atoms with Gasteiger partial charge in [0.05, 0.1) is 12.1 Å². The summed E-state index contributed by atoms with van der Waals surface area (Å²) >= 11 is 1.20. The molecular formula is C22H30F6N2O2S. The lowest BCUT2D eigenvalue weighted by atomic mass is 9.78. The summed E-state index contributed by atoms with van der Waals surface area (Å²) < 4.78 is 78.5. The predicted molar refractivity (Wildman–Crippen MR) is 112 cm³/mol. The van der Waals surface area contributed by atoms with Gasteiger partial charge in [-0.2, -0.15) is 26.3 Å². The number of alkyl halides is 6. The first-order valence-electron chi connectivity index (χ1n) is 11.5. The fraction of sp³-hybridized carbons (Fsp3) is 0.818. The van der Waals surface area contributed by atoms with Gasteiger partial charge in [0.1, 0.15) is 5.78 Å². The van der Waals surface area contributed by atoms with Crippen LogP contribution >= 0.6 is 11.3 Å². The number of aromatic nitrogens is 1. The van der Waals surface area contributed by atoms with E-state index in [1.54, 1.807) is 0 Å². The molecule has 1 aliphatic carbocycles. The summed E-state index contributed by atoms with van der Waals surface area (Å²) in [5.74, 6) is 0.480. The highest BCUT2D eigenvalue weighted by Gasteiger charge is 2.31. The molecule has 2 aliphatic rings. The Kier molecular flexibility index (Phi) is 9.05. The number of thiazole rings is 1. The second-order valence-electron chi connectivity index (χ2n) is 9.13. The van der Waals surface area contributed by atoms with E-state index in [9.17, 15) is 31.1 Å². The first kappa shape index (κ1) is 26.2. The van der Waals surface area contributed by atoms with E-state index in [1.807, 2.05) is 0 Å². The lowest BCUT2D eigenvalue weighted by Gasteiger charge is -2.30. The standard InChI is InChI=1S/C22H30F6N2O2S/c23-21(24,25)9-5-17(31)13-16-3-1-15(2-4-16)6-10-30-11-7-18-19(8-12-30)33-20(29-18)32-14-22(26,27)28/h15-16H,1-14H2. The van der Waals surface area contributed by atoms with Gasteiger partial charge in [-0.25, -0.2) is 4.98 Å². The molecule has 0 bridgehead atoms. The van der Waals surface area contributed by atoms with Gasteiger partial charge in [0.15, 0.2) is 6.61 Å². The van der Waals surface area contributed by atoms with E-state index in [1.165, 1.54) is 11.3 Å². The summed E-state index contributed by atoms with van der Waals surface area (Å²) in [4.78, 5) is 19.4. The molecule has 0 radical (unpaired) electrons. The Morgan fingerprint density at radius 1 is 1.00 bits per heavy atom. The van der Waals surface area contributed by atoms with Crippen molar-refractivity contribution in [2.75, 3.05) is 26.2 Å². The SMILES string of the molecule is O=C(CCC(F)(F)F)CC1CCC(CCN2CCc3nc(OCC(F)(F)F)sc3CC2)CC1. The molecule has 3 rings (SSSR count). The number of ketones is 1. The Bertz CT molecular complexity index is 746. The lowest BCUT2D eigenvalue weighted by molar-refractivity contribution is -0.153. The van der Waals surface area contributed by atoms with Gasteiger partial charge in [0, 0.05) is 37.2 Å². The highest BCUT2D eigenvalue weighted by molar-refractivity contribution is 7.13. The normalized spacial score (nSPS) is 22.6. The number of nitrogens with zero attached hydrogens (tertiary/aromatic N) is 2. The number of hydrogen-bond donors (Lipinski definition) is 0. The third-order valence-corrected chi connectivity index (χ3v) is 7.53. The molecule has 11 heteroatoms. The number of halogens is 6. The summed E-state index contributed by atoms with van der Waals surface area (Å²) in [6.45, 7) is 1.25. The molecule has 1 fully saturated rings. The van der Waals surface area contributed by atoms with Crippen molar-refractivity contribution in [3.8, 4) is 5.19 Å². The van der Waals surface area contributed by atoms with Crippen LogP contribution in [0.25, 0.3) is 0 Å². The molecule has 1 aromatic heterocycles. The Morgan fingerprint density at radius 3 is 2.33 bits per heavy atom. The van der Waals surface area contributed by atoms with Gasteiger partial charge >= 0.3 is 12.4 Å². The van der Waals surface area contributed by atoms with Gasteiger partial charge < -0.3 is 9.64 Å². The van der Waals surface area contributed by atoms with E-state index in [4.69, 9.17) is 4.74 Å². The Labute approximate surface area is 193 Å². The maximum Gasteiger partial charge on any atom is 0.422 e. The van der Waals surface area contributed by atoms with Crippen molar-refractivity contribution in [2.45, 2.75) is 76.6 Å². The summed E-state index contributed by atoms with van der Waals surface area (Å²) in [5.41, 5.74) is 0.829. The highest BCUT2D eigenvalue weighted by atomic mass is 32.1. The van der Waals surface area contributed by atoms with Crippen LogP contribution in [-0.4, -0.2) is 54.3 Å². The van der Waals surface area contributed by atoms with Gasteiger partial charge in [0.25, 0.3) is 5.19 Å². The minimum absolute atomic E-state index is 0.0828. The number of Topliss-reactive ketones (excluding diaryl/α,β-unsaturated/α-hetero) is 1. The molecule has 4 nitrogen and oxygen atoms in total. The molecule has 0 N–H and O–H groups in total. The molecule has 1 saturated carbocycles. The van der Waals surface area contributed by atoms with Crippen molar-refractivity contribution in [3.05, 3.63) is 10.6 Å². The molecule has 0 amide bonds. The maximum absolute atomic E-state index is 12.3. The van der Waals surface area contributed by atoms with Crippen molar-refractivity contribution in [3.63, 3.8) is 0 Å². The number of carbonyl (C=O) groups excluding carboxylic acids is 1. The molecule has 0 spiro atoms. The Hall–Kier alpha value is -1.36. The number of hydrogen-bond acceptors (Lipinski definition) is 5. The van der Waals surface area contributed by atoms with Gasteiger partial charge in [-0.15, -0.1) is 0 Å². The van der Waals surface area contributed by atoms with Crippen LogP contribution in [0.1, 0.15) is 61.9 Å². The van der Waals surface area contributed by atoms with Gasteiger partial charge in [-0.1, -0.05) is 24.2 Å². The van der Waals surface area contributed by atoms with Crippen LogP contribution in [0.5, 0.6) is 5.19 Å². The van der Waals surface area contributed by atoms with Crippen LogP contribution < -0.4 is 4.74 Å². The minimum Gasteiger partial charge on any atom is -0.460 e. The number of rotatable bonds is 9. The average Bonchev–Trinajstić information content (AvgIpc) is 3.03.